The molecule has 1 atom stereocenters. The first-order valence-corrected chi connectivity index (χ1v) is 11.4. The van der Waals surface area contributed by atoms with Crippen LogP contribution in [0.4, 0.5) is 0 Å². The number of rotatable bonds is 4. The van der Waals surface area contributed by atoms with E-state index in [4.69, 9.17) is 0 Å². The maximum Gasteiger partial charge on any atom is 0.254 e. The van der Waals surface area contributed by atoms with Crippen LogP contribution in [0.2, 0.25) is 0 Å². The van der Waals surface area contributed by atoms with Crippen LogP contribution < -0.4 is 5.32 Å². The van der Waals surface area contributed by atoms with Crippen molar-refractivity contribution < 1.29 is 9.59 Å². The Morgan fingerprint density at radius 2 is 1.66 bits per heavy atom. The third-order valence-electron chi connectivity index (χ3n) is 6.58. The summed E-state index contributed by atoms with van der Waals surface area (Å²) in [5, 5.41) is 2.94. The van der Waals surface area contributed by atoms with E-state index in [0.717, 1.165) is 29.5 Å². The van der Waals surface area contributed by atoms with Crippen molar-refractivity contribution >= 4 is 11.8 Å². The van der Waals surface area contributed by atoms with Crippen molar-refractivity contribution in [3.05, 3.63) is 89.2 Å². The first kappa shape index (κ1) is 20.4. The fourth-order valence-electron chi connectivity index (χ4n) is 4.79. The Morgan fingerprint density at radius 1 is 0.938 bits per heavy atom. The summed E-state index contributed by atoms with van der Waals surface area (Å²) in [6.07, 6.45) is 8.57. The summed E-state index contributed by atoms with van der Waals surface area (Å²) >= 11 is 0. The Kier molecular flexibility index (Phi) is 5.71. The number of amides is 2. The number of benzene rings is 2. The number of fused-ring (bicyclic) bond motifs is 1. The molecule has 0 saturated carbocycles. The minimum atomic E-state index is -0.501. The van der Waals surface area contributed by atoms with Crippen molar-refractivity contribution in [3.8, 4) is 11.1 Å². The number of pyridine rings is 1. The van der Waals surface area contributed by atoms with E-state index in [1.54, 1.807) is 17.3 Å². The van der Waals surface area contributed by atoms with Crippen LogP contribution in [0.3, 0.4) is 0 Å². The number of hydrogen-bond acceptors (Lipinski definition) is 3. The van der Waals surface area contributed by atoms with Crippen molar-refractivity contribution in [1.29, 1.82) is 0 Å². The van der Waals surface area contributed by atoms with Crippen LogP contribution in [0.1, 0.15) is 39.9 Å². The van der Waals surface area contributed by atoms with Crippen molar-refractivity contribution in [2.75, 3.05) is 13.1 Å². The fourth-order valence-corrected chi connectivity index (χ4v) is 4.79. The molecule has 0 spiro atoms. The summed E-state index contributed by atoms with van der Waals surface area (Å²) in [6, 6.07) is 17.7. The van der Waals surface area contributed by atoms with E-state index < -0.39 is 6.04 Å². The molecular formula is C27H27N3O2. The number of nitrogens with zero attached hydrogens (tertiary/aromatic N) is 2. The van der Waals surface area contributed by atoms with Crippen LogP contribution in [0.15, 0.2) is 67.0 Å². The summed E-state index contributed by atoms with van der Waals surface area (Å²) in [5.41, 5.74) is 6.57. The molecule has 2 aliphatic rings. The lowest BCUT2D eigenvalue weighted by molar-refractivity contribution is -0.127. The highest BCUT2D eigenvalue weighted by Crippen LogP contribution is 2.25. The normalized spacial score (nSPS) is 18.1. The molecule has 32 heavy (non-hydrogen) atoms. The molecule has 2 aromatic carbocycles. The van der Waals surface area contributed by atoms with Crippen LogP contribution in [0, 0.1) is 0 Å². The lowest BCUT2D eigenvalue weighted by atomic mass is 9.90. The minimum absolute atomic E-state index is 0.0494. The van der Waals surface area contributed by atoms with E-state index >= 15 is 0 Å². The summed E-state index contributed by atoms with van der Waals surface area (Å²) in [7, 11) is 0. The molecule has 3 aromatic rings. The predicted molar refractivity (Wildman–Crippen MR) is 124 cm³/mol. The van der Waals surface area contributed by atoms with E-state index in [1.165, 1.54) is 24.0 Å². The van der Waals surface area contributed by atoms with Crippen molar-refractivity contribution in [3.63, 3.8) is 0 Å². The standard InChI is InChI=1S/C27H27N3O2/c31-26-25(17-19-5-7-21(8-6-19)22-11-13-28-14-12-22)30(16-15-29-26)27(32)24-10-9-20-3-1-2-4-23(20)18-24/h5-14,18,25H,1-4,15-17H2,(H,29,31)/t25-/m1/s1. The lowest BCUT2D eigenvalue weighted by Crippen LogP contribution is -2.58. The Bertz CT molecular complexity index is 1130. The van der Waals surface area contributed by atoms with Gasteiger partial charge >= 0.3 is 0 Å². The van der Waals surface area contributed by atoms with E-state index in [2.05, 4.69) is 28.5 Å². The second kappa shape index (κ2) is 8.95. The molecule has 1 aliphatic carbocycles. The fraction of sp³-hybridized carbons (Fsp3) is 0.296. The van der Waals surface area contributed by atoms with E-state index in [-0.39, 0.29) is 11.8 Å². The largest absolute Gasteiger partial charge is 0.353 e. The lowest BCUT2D eigenvalue weighted by Gasteiger charge is -2.35. The molecule has 1 aliphatic heterocycles. The molecule has 162 valence electrons. The zero-order chi connectivity index (χ0) is 21.9. The molecule has 0 unspecified atom stereocenters. The average molecular weight is 426 g/mol. The summed E-state index contributed by atoms with van der Waals surface area (Å²) in [6.45, 7) is 1.02. The topological polar surface area (TPSA) is 62.3 Å². The van der Waals surface area contributed by atoms with Gasteiger partial charge in [0.1, 0.15) is 6.04 Å². The second-order valence-corrected chi connectivity index (χ2v) is 8.63. The predicted octanol–water partition coefficient (Wildman–Crippen LogP) is 3.81. The Hall–Kier alpha value is -3.47. The monoisotopic (exact) mass is 425 g/mol. The first-order valence-electron chi connectivity index (χ1n) is 11.4. The molecule has 5 heteroatoms. The number of nitrogens with one attached hydrogen (secondary N) is 1. The van der Waals surface area contributed by atoms with Gasteiger partial charge < -0.3 is 10.2 Å². The number of piperazine rings is 1. The third kappa shape index (κ3) is 4.15. The van der Waals surface area contributed by atoms with Gasteiger partial charge in [0.15, 0.2) is 0 Å². The zero-order valence-corrected chi connectivity index (χ0v) is 18.1. The van der Waals surface area contributed by atoms with Crippen LogP contribution in [-0.4, -0.2) is 40.8 Å². The molecule has 2 heterocycles. The Morgan fingerprint density at radius 3 is 2.44 bits per heavy atom. The van der Waals surface area contributed by atoms with Gasteiger partial charge in [0.05, 0.1) is 0 Å². The quantitative estimate of drug-likeness (QED) is 0.691. The van der Waals surface area contributed by atoms with Crippen molar-refractivity contribution in [2.45, 2.75) is 38.1 Å². The number of aromatic nitrogens is 1. The highest BCUT2D eigenvalue weighted by Gasteiger charge is 2.33. The number of hydrogen-bond donors (Lipinski definition) is 1. The van der Waals surface area contributed by atoms with Gasteiger partial charge in [-0.3, -0.25) is 14.6 Å². The highest BCUT2D eigenvalue weighted by atomic mass is 16.2. The number of carbonyl (C=O) groups is 2. The highest BCUT2D eigenvalue weighted by molar-refractivity contribution is 5.98. The van der Waals surface area contributed by atoms with Crippen LogP contribution in [0.25, 0.3) is 11.1 Å². The maximum absolute atomic E-state index is 13.4. The Balaban J connectivity index is 1.36. The maximum atomic E-state index is 13.4. The van der Waals surface area contributed by atoms with Gasteiger partial charge in [0.2, 0.25) is 5.91 Å². The first-order chi connectivity index (χ1) is 15.7. The van der Waals surface area contributed by atoms with E-state index in [1.807, 2.05) is 36.4 Å². The summed E-state index contributed by atoms with van der Waals surface area (Å²) < 4.78 is 0. The van der Waals surface area contributed by atoms with Gasteiger partial charge in [-0.05, 0) is 77.8 Å². The van der Waals surface area contributed by atoms with Gasteiger partial charge in [-0.15, -0.1) is 0 Å². The van der Waals surface area contributed by atoms with Gasteiger partial charge in [-0.2, -0.15) is 0 Å². The molecule has 1 N–H and O–H groups in total. The molecule has 5 nitrogen and oxygen atoms in total. The molecule has 0 radical (unpaired) electrons. The van der Waals surface area contributed by atoms with Gasteiger partial charge in [0.25, 0.3) is 5.91 Å². The van der Waals surface area contributed by atoms with Gasteiger partial charge in [-0.25, -0.2) is 0 Å². The van der Waals surface area contributed by atoms with E-state index in [9.17, 15) is 9.59 Å². The van der Waals surface area contributed by atoms with Crippen LogP contribution in [-0.2, 0) is 24.1 Å². The molecule has 1 aromatic heterocycles. The molecule has 1 fully saturated rings. The second-order valence-electron chi connectivity index (χ2n) is 8.63. The van der Waals surface area contributed by atoms with Crippen molar-refractivity contribution in [2.24, 2.45) is 0 Å². The summed E-state index contributed by atoms with van der Waals surface area (Å²) in [5.74, 6) is -0.132. The van der Waals surface area contributed by atoms with Crippen molar-refractivity contribution in [1.82, 2.24) is 15.2 Å². The minimum Gasteiger partial charge on any atom is -0.353 e. The molecule has 2 amide bonds. The average Bonchev–Trinajstić information content (AvgIpc) is 2.85. The summed E-state index contributed by atoms with van der Waals surface area (Å²) in [4.78, 5) is 32.0. The molecule has 0 bridgehead atoms. The van der Waals surface area contributed by atoms with Gasteiger partial charge in [0, 0.05) is 37.5 Å². The molecule has 1 saturated heterocycles. The third-order valence-corrected chi connectivity index (χ3v) is 6.58. The van der Waals surface area contributed by atoms with Crippen LogP contribution >= 0.6 is 0 Å². The Labute approximate surface area is 188 Å². The smallest absolute Gasteiger partial charge is 0.254 e. The molecular weight excluding hydrogens is 398 g/mol. The van der Waals surface area contributed by atoms with Gasteiger partial charge in [-0.1, -0.05) is 30.3 Å². The zero-order valence-electron chi connectivity index (χ0n) is 18.1. The number of aryl methyl sites for hydroxylation is 2. The number of carbonyl (C=O) groups excluding carboxylic acids is 2. The molecule has 5 rings (SSSR count). The SMILES string of the molecule is O=C1NCCN(C(=O)c2ccc3c(c2)CCCC3)[C@@H]1Cc1ccc(-c2ccncc2)cc1. The van der Waals surface area contributed by atoms with E-state index in [0.29, 0.717) is 25.1 Å². The van der Waals surface area contributed by atoms with Crippen LogP contribution in [0.5, 0.6) is 0 Å².